The zero-order chi connectivity index (χ0) is 30.0. The Morgan fingerprint density at radius 3 is 2.05 bits per heavy atom. The van der Waals surface area contributed by atoms with Gasteiger partial charge in [0.2, 0.25) is 0 Å². The number of nitrogens with zero attached hydrogens (tertiary/aromatic N) is 3. The summed E-state index contributed by atoms with van der Waals surface area (Å²) in [6, 6.07) is 15.1. The van der Waals surface area contributed by atoms with E-state index in [0.717, 1.165) is 33.2 Å². The van der Waals surface area contributed by atoms with Crippen LogP contribution in [0.1, 0.15) is 43.3 Å². The number of carbonyl (C=O) groups is 1. The van der Waals surface area contributed by atoms with Gasteiger partial charge in [0.25, 0.3) is 0 Å². The molecule has 10 nitrogen and oxygen atoms in total. The number of hydrogen-bond donors (Lipinski definition) is 2. The summed E-state index contributed by atoms with van der Waals surface area (Å²) >= 11 is 0. The Bertz CT molecular complexity index is 1690. The Kier molecular flexibility index (Phi) is 10.5. The maximum atomic E-state index is 12.3. The van der Waals surface area contributed by atoms with Crippen molar-refractivity contribution in [2.75, 3.05) is 14.2 Å². The third-order valence-electron chi connectivity index (χ3n) is 5.43. The minimum atomic E-state index is -0.630. The summed E-state index contributed by atoms with van der Waals surface area (Å²) in [5, 5.41) is 27.2. The Labute approximate surface area is 232 Å². The standard InChI is InChI=1S/C16H18N2O3.C11H10N2O.C2HBO2/c1-10-6-7-13-12(14(10)20-5)8-11(9-17)18(13)15(19)21-16(2,3)4;1-7-3-4-10-9(11(7)14-2)5-8(6-12)13-10;4-2-1-3-5/h6-8H,1-5H3;3-5,13H,1-2H3;4H. The molecule has 0 bridgehead atoms. The van der Waals surface area contributed by atoms with E-state index in [-0.39, 0.29) is 5.69 Å². The molecule has 0 aliphatic carbocycles. The maximum absolute atomic E-state index is 12.3. The van der Waals surface area contributed by atoms with Crippen molar-refractivity contribution in [3.63, 3.8) is 0 Å². The quantitative estimate of drug-likeness (QED) is 0.257. The van der Waals surface area contributed by atoms with Crippen molar-refractivity contribution < 1.29 is 28.8 Å². The van der Waals surface area contributed by atoms with Gasteiger partial charge in [-0.3, -0.25) is 0 Å². The monoisotopic (exact) mass is 540 g/mol. The summed E-state index contributed by atoms with van der Waals surface area (Å²) in [5.41, 5.74) is 3.70. The summed E-state index contributed by atoms with van der Waals surface area (Å²) < 4.78 is 26.4. The Morgan fingerprint density at radius 1 is 0.975 bits per heavy atom. The van der Waals surface area contributed by atoms with Crippen LogP contribution in [0, 0.1) is 48.4 Å². The van der Waals surface area contributed by atoms with Gasteiger partial charge in [0.1, 0.15) is 40.6 Å². The summed E-state index contributed by atoms with van der Waals surface area (Å²) in [4.78, 5) is 15.4. The molecule has 204 valence electrons. The number of nitriles is 2. The molecule has 0 aliphatic heterocycles. The molecule has 4 aromatic rings. The second-order valence-electron chi connectivity index (χ2n) is 9.35. The number of aromatic amines is 1. The van der Waals surface area contributed by atoms with Crippen molar-refractivity contribution in [3.8, 4) is 35.6 Å². The number of methoxy groups -OCH3 is 2. The molecular formula is C29H29BN4O6. The predicted octanol–water partition coefficient (Wildman–Crippen LogP) is 5.30. The van der Waals surface area contributed by atoms with Gasteiger partial charge in [-0.1, -0.05) is 12.1 Å². The van der Waals surface area contributed by atoms with Gasteiger partial charge in [-0.25, -0.2) is 9.36 Å². The number of benzene rings is 2. The van der Waals surface area contributed by atoms with Crippen molar-refractivity contribution in [2.45, 2.75) is 40.2 Å². The van der Waals surface area contributed by atoms with Gasteiger partial charge in [0.15, 0.2) is 0 Å². The SMILES string of the molecule is COc1c(C)ccc2[nH]c(C#N)cc12.COc1c(C)ccc2c1cc(C#N)n2C(=O)OC(C)(C)C.O=BC#CO. The fourth-order valence-corrected chi connectivity index (χ4v) is 3.87. The molecule has 11 heteroatoms. The molecule has 4 rings (SSSR count). The number of H-pyrrole nitrogens is 1. The predicted molar refractivity (Wildman–Crippen MR) is 150 cm³/mol. The van der Waals surface area contributed by atoms with Crippen LogP contribution in [0.4, 0.5) is 4.79 Å². The fourth-order valence-electron chi connectivity index (χ4n) is 3.87. The molecule has 0 saturated heterocycles. The van der Waals surface area contributed by atoms with Crippen LogP contribution < -0.4 is 9.47 Å². The van der Waals surface area contributed by atoms with E-state index in [0.29, 0.717) is 24.1 Å². The van der Waals surface area contributed by atoms with Crippen LogP contribution in [0.2, 0.25) is 0 Å². The molecule has 2 aromatic heterocycles. The minimum absolute atomic E-state index is 0.225. The van der Waals surface area contributed by atoms with Crippen LogP contribution in [-0.4, -0.2) is 47.7 Å². The number of aliphatic hydroxyl groups excluding tert-OH is 1. The summed E-state index contributed by atoms with van der Waals surface area (Å²) in [6.07, 6.45) is 0.830. The van der Waals surface area contributed by atoms with Crippen molar-refractivity contribution in [2.24, 2.45) is 0 Å². The summed E-state index contributed by atoms with van der Waals surface area (Å²) in [7, 11) is 3.53. The van der Waals surface area contributed by atoms with Crippen molar-refractivity contribution in [3.05, 3.63) is 58.9 Å². The molecule has 0 spiro atoms. The number of hydrogen-bond acceptors (Lipinski definition) is 8. The number of aliphatic hydroxyl groups is 1. The van der Waals surface area contributed by atoms with E-state index in [1.54, 1.807) is 59.0 Å². The molecule has 0 unspecified atom stereocenters. The molecule has 2 aromatic carbocycles. The molecule has 0 radical (unpaired) electrons. The van der Waals surface area contributed by atoms with E-state index in [2.05, 4.69) is 11.1 Å². The normalized spacial score (nSPS) is 9.82. The number of aromatic nitrogens is 2. The third-order valence-corrected chi connectivity index (χ3v) is 5.43. The van der Waals surface area contributed by atoms with Gasteiger partial charge in [-0.2, -0.15) is 10.5 Å². The average Bonchev–Trinajstić information content (AvgIpc) is 3.50. The van der Waals surface area contributed by atoms with E-state index in [1.807, 2.05) is 38.1 Å². The molecule has 0 amide bonds. The molecule has 0 atom stereocenters. The molecule has 2 heterocycles. The van der Waals surface area contributed by atoms with Crippen LogP contribution >= 0.6 is 0 Å². The molecular weight excluding hydrogens is 511 g/mol. The van der Waals surface area contributed by atoms with Crippen LogP contribution in [-0.2, 0) is 9.44 Å². The Hall–Kier alpha value is -5.21. The zero-order valence-corrected chi connectivity index (χ0v) is 23.4. The fraction of sp³-hybridized carbons (Fsp3) is 0.276. The van der Waals surface area contributed by atoms with E-state index in [9.17, 15) is 10.1 Å². The Balaban J connectivity index is 0.000000253. The van der Waals surface area contributed by atoms with E-state index in [4.69, 9.17) is 29.3 Å². The Morgan fingerprint density at radius 2 is 1.57 bits per heavy atom. The van der Waals surface area contributed by atoms with Crippen LogP contribution in [0.3, 0.4) is 0 Å². The van der Waals surface area contributed by atoms with Crippen LogP contribution in [0.25, 0.3) is 21.8 Å². The number of fused-ring (bicyclic) bond motifs is 2. The summed E-state index contributed by atoms with van der Waals surface area (Å²) in [6.45, 7) is 9.25. The first-order valence-electron chi connectivity index (χ1n) is 11.9. The first-order valence-corrected chi connectivity index (χ1v) is 11.9. The number of nitrogens with one attached hydrogen (secondary N) is 1. The number of carbonyl (C=O) groups excluding carboxylic acids is 1. The first kappa shape index (κ1) is 31.0. The van der Waals surface area contributed by atoms with Crippen LogP contribution in [0.5, 0.6) is 11.5 Å². The van der Waals surface area contributed by atoms with E-state index in [1.165, 1.54) is 10.7 Å². The number of aryl methyl sites for hydroxylation is 2. The van der Waals surface area contributed by atoms with Crippen LogP contribution in [0.15, 0.2) is 36.4 Å². The van der Waals surface area contributed by atoms with Crippen molar-refractivity contribution in [1.29, 1.82) is 10.5 Å². The van der Waals surface area contributed by atoms with Crippen molar-refractivity contribution >= 4 is 35.0 Å². The van der Waals surface area contributed by atoms with E-state index >= 15 is 0 Å². The van der Waals surface area contributed by atoms with Gasteiger partial charge in [0.05, 0.1) is 25.3 Å². The zero-order valence-electron chi connectivity index (χ0n) is 23.4. The summed E-state index contributed by atoms with van der Waals surface area (Å²) in [5.74, 6) is 3.23. The second-order valence-corrected chi connectivity index (χ2v) is 9.35. The van der Waals surface area contributed by atoms with E-state index < -0.39 is 11.7 Å². The van der Waals surface area contributed by atoms with Gasteiger partial charge >= 0.3 is 35.0 Å². The molecule has 0 fully saturated rings. The van der Waals surface area contributed by atoms with Gasteiger partial charge in [-0.15, -0.1) is 0 Å². The third kappa shape index (κ3) is 7.21. The molecule has 0 saturated carbocycles. The molecule has 0 aliphatic rings. The first-order chi connectivity index (χ1) is 19.0. The van der Waals surface area contributed by atoms with Gasteiger partial charge in [-0.05, 0) is 70.0 Å². The number of rotatable bonds is 2. The van der Waals surface area contributed by atoms with Gasteiger partial charge < -0.3 is 19.2 Å². The topological polar surface area (TPSA) is 150 Å². The second kappa shape index (κ2) is 13.5. The molecule has 40 heavy (non-hydrogen) atoms. The molecule has 2 N–H and O–H groups in total. The van der Waals surface area contributed by atoms with Crippen molar-refractivity contribution in [1.82, 2.24) is 9.55 Å². The average molecular weight is 540 g/mol. The van der Waals surface area contributed by atoms with Gasteiger partial charge in [0, 0.05) is 10.8 Å². The number of ether oxygens (including phenoxy) is 3.